The molecule has 1 aromatic carbocycles. The molecule has 1 aromatic rings. The molecule has 110 valence electrons. The molecule has 0 bridgehead atoms. The third-order valence-corrected chi connectivity index (χ3v) is 4.09. The van der Waals surface area contributed by atoms with Crippen LogP contribution in [0, 0.1) is 0 Å². The van der Waals surface area contributed by atoms with E-state index in [0.29, 0.717) is 6.79 Å². The molecule has 0 spiro atoms. The molecule has 20 heavy (non-hydrogen) atoms. The second-order valence-electron chi connectivity index (χ2n) is 5.68. The first kappa shape index (κ1) is 13.7. The first-order valence-electron chi connectivity index (χ1n) is 7.28. The minimum absolute atomic E-state index is 0.0212. The largest absolute Gasteiger partial charge is 0.454 e. The van der Waals surface area contributed by atoms with Crippen LogP contribution in [0.2, 0.25) is 0 Å². The molecule has 2 aliphatic rings. The Kier molecular flexibility index (Phi) is 4.10. The van der Waals surface area contributed by atoms with Gasteiger partial charge in [-0.2, -0.15) is 0 Å². The molecular formula is C15H23N3O2. The highest BCUT2D eigenvalue weighted by Crippen LogP contribution is 2.33. The van der Waals surface area contributed by atoms with E-state index in [0.717, 1.165) is 43.2 Å². The highest BCUT2D eigenvalue weighted by atomic mass is 16.7. The van der Waals surface area contributed by atoms with Gasteiger partial charge < -0.3 is 25.0 Å². The molecule has 2 heterocycles. The Balaban J connectivity index is 1.62. The van der Waals surface area contributed by atoms with E-state index < -0.39 is 0 Å². The summed E-state index contributed by atoms with van der Waals surface area (Å²) in [4.78, 5) is 4.84. The molecule has 1 saturated heterocycles. The summed E-state index contributed by atoms with van der Waals surface area (Å²) in [6, 6.07) is 6.03. The van der Waals surface area contributed by atoms with Crippen LogP contribution < -0.4 is 15.2 Å². The summed E-state index contributed by atoms with van der Waals surface area (Å²) in [5, 5.41) is 0. The third kappa shape index (κ3) is 3.06. The average molecular weight is 277 g/mol. The van der Waals surface area contributed by atoms with Crippen LogP contribution >= 0.6 is 0 Å². The van der Waals surface area contributed by atoms with Crippen molar-refractivity contribution >= 4 is 0 Å². The predicted molar refractivity (Wildman–Crippen MR) is 78.0 cm³/mol. The van der Waals surface area contributed by atoms with Crippen LogP contribution in [-0.2, 0) is 0 Å². The van der Waals surface area contributed by atoms with E-state index in [1.54, 1.807) is 0 Å². The van der Waals surface area contributed by atoms with Gasteiger partial charge in [-0.3, -0.25) is 0 Å². The zero-order chi connectivity index (χ0) is 13.9. The molecule has 1 fully saturated rings. The maximum Gasteiger partial charge on any atom is 0.231 e. The number of rotatable bonds is 3. The Morgan fingerprint density at radius 3 is 2.90 bits per heavy atom. The molecular weight excluding hydrogens is 254 g/mol. The van der Waals surface area contributed by atoms with Gasteiger partial charge in [0.1, 0.15) is 0 Å². The fraction of sp³-hybridized carbons (Fsp3) is 0.600. The van der Waals surface area contributed by atoms with Crippen molar-refractivity contribution < 1.29 is 9.47 Å². The van der Waals surface area contributed by atoms with Crippen LogP contribution in [0.1, 0.15) is 18.0 Å². The van der Waals surface area contributed by atoms with Crippen LogP contribution in [-0.4, -0.2) is 56.4 Å². The summed E-state index contributed by atoms with van der Waals surface area (Å²) in [6.45, 7) is 5.72. The van der Waals surface area contributed by atoms with E-state index in [2.05, 4.69) is 16.8 Å². The van der Waals surface area contributed by atoms with Crippen molar-refractivity contribution in [1.82, 2.24) is 9.80 Å². The first-order chi connectivity index (χ1) is 9.72. The van der Waals surface area contributed by atoms with Gasteiger partial charge in [0, 0.05) is 25.7 Å². The van der Waals surface area contributed by atoms with Crippen LogP contribution in [0.15, 0.2) is 18.2 Å². The van der Waals surface area contributed by atoms with Crippen LogP contribution in [0.4, 0.5) is 0 Å². The SMILES string of the molecule is CN1CCCN(CC(N)c2ccc3c(c2)OCO3)CC1. The monoisotopic (exact) mass is 277 g/mol. The van der Waals surface area contributed by atoms with E-state index in [1.165, 1.54) is 13.0 Å². The van der Waals surface area contributed by atoms with E-state index in [9.17, 15) is 0 Å². The molecule has 2 aliphatic heterocycles. The second-order valence-corrected chi connectivity index (χ2v) is 5.68. The van der Waals surface area contributed by atoms with Crippen LogP contribution in [0.3, 0.4) is 0 Å². The normalized spacial score (nSPS) is 21.7. The number of ether oxygens (including phenoxy) is 2. The minimum Gasteiger partial charge on any atom is -0.454 e. The van der Waals surface area contributed by atoms with Crippen molar-refractivity contribution in [2.75, 3.05) is 46.6 Å². The number of nitrogens with two attached hydrogens (primary N) is 1. The van der Waals surface area contributed by atoms with Gasteiger partial charge in [-0.05, 0) is 44.3 Å². The Morgan fingerprint density at radius 1 is 1.15 bits per heavy atom. The lowest BCUT2D eigenvalue weighted by atomic mass is 10.1. The van der Waals surface area contributed by atoms with E-state index >= 15 is 0 Å². The summed E-state index contributed by atoms with van der Waals surface area (Å²) >= 11 is 0. The lowest BCUT2D eigenvalue weighted by Crippen LogP contribution is -2.35. The molecule has 1 unspecified atom stereocenters. The molecule has 0 saturated carbocycles. The van der Waals surface area contributed by atoms with Gasteiger partial charge in [0.2, 0.25) is 6.79 Å². The predicted octanol–water partition coefficient (Wildman–Crippen LogP) is 1.05. The topological polar surface area (TPSA) is 51.0 Å². The van der Waals surface area contributed by atoms with Gasteiger partial charge in [-0.15, -0.1) is 0 Å². The maximum atomic E-state index is 6.35. The quantitative estimate of drug-likeness (QED) is 0.895. The highest BCUT2D eigenvalue weighted by Gasteiger charge is 2.19. The lowest BCUT2D eigenvalue weighted by Gasteiger charge is -2.24. The number of hydrogen-bond acceptors (Lipinski definition) is 5. The Labute approximate surface area is 120 Å². The zero-order valence-electron chi connectivity index (χ0n) is 12.0. The summed E-state index contributed by atoms with van der Waals surface area (Å²) in [5.41, 5.74) is 7.47. The molecule has 0 amide bonds. The molecule has 0 aromatic heterocycles. The summed E-state index contributed by atoms with van der Waals surface area (Å²) in [6.07, 6.45) is 1.21. The molecule has 3 rings (SSSR count). The number of likely N-dealkylation sites (N-methyl/N-ethyl adjacent to an activating group) is 1. The van der Waals surface area contributed by atoms with Gasteiger partial charge in [0.05, 0.1) is 0 Å². The minimum atomic E-state index is 0.0212. The molecule has 0 aliphatic carbocycles. The fourth-order valence-corrected chi connectivity index (χ4v) is 2.81. The molecule has 5 nitrogen and oxygen atoms in total. The smallest absolute Gasteiger partial charge is 0.231 e. The molecule has 0 radical (unpaired) electrons. The van der Waals surface area contributed by atoms with Crippen molar-refractivity contribution in [3.8, 4) is 11.5 Å². The van der Waals surface area contributed by atoms with Gasteiger partial charge in [-0.25, -0.2) is 0 Å². The van der Waals surface area contributed by atoms with E-state index in [4.69, 9.17) is 15.2 Å². The Bertz CT molecular complexity index is 466. The molecule has 2 N–H and O–H groups in total. The Morgan fingerprint density at radius 2 is 2.00 bits per heavy atom. The van der Waals surface area contributed by atoms with Crippen molar-refractivity contribution in [3.05, 3.63) is 23.8 Å². The number of nitrogens with zero attached hydrogens (tertiary/aromatic N) is 2. The van der Waals surface area contributed by atoms with Crippen molar-refractivity contribution in [1.29, 1.82) is 0 Å². The maximum absolute atomic E-state index is 6.35. The van der Waals surface area contributed by atoms with Crippen LogP contribution in [0.25, 0.3) is 0 Å². The third-order valence-electron chi connectivity index (χ3n) is 4.09. The first-order valence-corrected chi connectivity index (χ1v) is 7.28. The van der Waals surface area contributed by atoms with Crippen molar-refractivity contribution in [2.24, 2.45) is 5.73 Å². The molecule has 1 atom stereocenters. The second kappa shape index (κ2) is 5.99. The van der Waals surface area contributed by atoms with Gasteiger partial charge in [-0.1, -0.05) is 6.07 Å². The van der Waals surface area contributed by atoms with Gasteiger partial charge in [0.15, 0.2) is 11.5 Å². The number of fused-ring (bicyclic) bond motifs is 1. The number of hydrogen-bond donors (Lipinski definition) is 1. The summed E-state index contributed by atoms with van der Waals surface area (Å²) in [7, 11) is 2.18. The van der Waals surface area contributed by atoms with Gasteiger partial charge >= 0.3 is 0 Å². The lowest BCUT2D eigenvalue weighted by molar-refractivity contribution is 0.174. The van der Waals surface area contributed by atoms with E-state index in [1.807, 2.05) is 18.2 Å². The van der Waals surface area contributed by atoms with Crippen molar-refractivity contribution in [2.45, 2.75) is 12.5 Å². The fourth-order valence-electron chi connectivity index (χ4n) is 2.81. The zero-order valence-corrected chi connectivity index (χ0v) is 12.0. The summed E-state index contributed by atoms with van der Waals surface area (Å²) in [5.74, 6) is 1.63. The summed E-state index contributed by atoms with van der Waals surface area (Å²) < 4.78 is 10.7. The Hall–Kier alpha value is -1.30. The van der Waals surface area contributed by atoms with Crippen molar-refractivity contribution in [3.63, 3.8) is 0 Å². The standard InChI is InChI=1S/C15H23N3O2/c1-17-5-2-6-18(8-7-17)10-13(16)12-3-4-14-15(9-12)20-11-19-14/h3-4,9,13H,2,5-8,10-11,16H2,1H3. The highest BCUT2D eigenvalue weighted by molar-refractivity contribution is 5.45. The number of benzene rings is 1. The molecule has 5 heteroatoms. The van der Waals surface area contributed by atoms with E-state index in [-0.39, 0.29) is 6.04 Å². The average Bonchev–Trinajstić information content (AvgIpc) is 2.82. The van der Waals surface area contributed by atoms with Gasteiger partial charge in [0.25, 0.3) is 0 Å². The van der Waals surface area contributed by atoms with Crippen LogP contribution in [0.5, 0.6) is 11.5 Å².